The maximum absolute atomic E-state index is 12.6. The van der Waals surface area contributed by atoms with E-state index in [9.17, 15) is 19.5 Å². The molecule has 0 spiro atoms. The molecule has 0 aliphatic carbocycles. The first kappa shape index (κ1) is 23.6. The Hall–Kier alpha value is -2.66. The molecule has 0 saturated carbocycles. The molecule has 30 heavy (non-hydrogen) atoms. The second kappa shape index (κ2) is 11.5. The molecule has 160 valence electrons. The molecule has 0 aliphatic heterocycles. The Labute approximate surface area is 182 Å². The van der Waals surface area contributed by atoms with Crippen molar-refractivity contribution in [3.63, 3.8) is 0 Å². The molecule has 2 aromatic rings. The highest BCUT2D eigenvalue weighted by Gasteiger charge is 2.16. The molecule has 2 N–H and O–H groups in total. The smallest absolute Gasteiger partial charge is 0.337 e. The van der Waals surface area contributed by atoms with Gasteiger partial charge in [0.25, 0.3) is 5.91 Å². The quantitative estimate of drug-likeness (QED) is 0.401. The summed E-state index contributed by atoms with van der Waals surface area (Å²) in [6.07, 6.45) is 5.77. The summed E-state index contributed by atoms with van der Waals surface area (Å²) in [6, 6.07) is 10.8. The van der Waals surface area contributed by atoms with E-state index in [0.717, 1.165) is 32.1 Å². The number of carboxylic acid groups (broad SMARTS) is 1. The van der Waals surface area contributed by atoms with E-state index in [0.29, 0.717) is 23.5 Å². The summed E-state index contributed by atoms with van der Waals surface area (Å²) in [5.41, 5.74) is 0.839. The molecule has 0 fully saturated rings. The molecule has 1 amide bonds. The Balaban J connectivity index is 2.10. The van der Waals surface area contributed by atoms with Crippen LogP contribution in [0.15, 0.2) is 42.5 Å². The topological polar surface area (TPSA) is 83.5 Å². The number of ketones is 1. The number of hydrogen-bond donors (Lipinski definition) is 2. The molecule has 0 heterocycles. The van der Waals surface area contributed by atoms with E-state index in [1.165, 1.54) is 18.2 Å². The highest BCUT2D eigenvalue weighted by molar-refractivity contribution is 6.31. The molecule has 0 unspecified atom stereocenters. The molecular weight excluding hydrogens is 402 g/mol. The van der Waals surface area contributed by atoms with Gasteiger partial charge in [-0.1, -0.05) is 63.3 Å². The second-order valence-corrected chi connectivity index (χ2v) is 7.87. The Morgan fingerprint density at radius 1 is 0.967 bits per heavy atom. The van der Waals surface area contributed by atoms with Gasteiger partial charge in [0.2, 0.25) is 0 Å². The van der Waals surface area contributed by atoms with E-state index >= 15 is 0 Å². The molecule has 0 aliphatic rings. The van der Waals surface area contributed by atoms with Crippen LogP contribution in [0.3, 0.4) is 0 Å². The zero-order chi connectivity index (χ0) is 22.1. The first-order valence-corrected chi connectivity index (χ1v) is 10.7. The SMILES string of the molecule is CCCC(CCC)CCC(=O)c1cccc(C(=O)Nc2ccc(Cl)cc2C(=O)O)c1. The van der Waals surface area contributed by atoms with Crippen molar-refractivity contribution in [2.45, 2.75) is 52.4 Å². The van der Waals surface area contributed by atoms with Crippen molar-refractivity contribution >= 4 is 34.9 Å². The van der Waals surface area contributed by atoms with E-state index in [1.807, 2.05) is 0 Å². The number of Topliss-reactive ketones (excluding diaryl/α,β-unsaturated/α-hetero) is 1. The lowest BCUT2D eigenvalue weighted by Crippen LogP contribution is -2.15. The third-order valence-corrected chi connectivity index (χ3v) is 5.32. The fourth-order valence-corrected chi connectivity index (χ4v) is 3.73. The normalized spacial score (nSPS) is 10.8. The highest BCUT2D eigenvalue weighted by Crippen LogP contribution is 2.23. The van der Waals surface area contributed by atoms with Gasteiger partial charge in [-0.2, -0.15) is 0 Å². The summed E-state index contributed by atoms with van der Waals surface area (Å²) >= 11 is 5.85. The van der Waals surface area contributed by atoms with Crippen molar-refractivity contribution in [3.8, 4) is 0 Å². The predicted octanol–water partition coefficient (Wildman–Crippen LogP) is 6.47. The van der Waals surface area contributed by atoms with Gasteiger partial charge in [-0.05, 0) is 42.7 Å². The van der Waals surface area contributed by atoms with Crippen LogP contribution in [-0.4, -0.2) is 22.8 Å². The number of amides is 1. The number of anilines is 1. The van der Waals surface area contributed by atoms with Crippen LogP contribution >= 0.6 is 11.6 Å². The Morgan fingerprint density at radius 2 is 1.63 bits per heavy atom. The minimum absolute atomic E-state index is 0.0135. The standard InChI is InChI=1S/C24H28ClNO4/c1-3-6-16(7-4-2)10-13-22(27)17-8-5-9-18(14-17)23(28)26-21-12-11-19(25)15-20(21)24(29)30/h5,8-9,11-12,14-16H,3-4,6-7,10,13H2,1-2H3,(H,26,28)(H,29,30). The fraction of sp³-hybridized carbons (Fsp3) is 0.375. The molecule has 2 rings (SSSR count). The van der Waals surface area contributed by atoms with Gasteiger partial charge in [-0.25, -0.2) is 4.79 Å². The number of carboxylic acids is 1. The maximum atomic E-state index is 12.6. The van der Waals surface area contributed by atoms with Crippen LogP contribution in [0.5, 0.6) is 0 Å². The Kier molecular flexibility index (Phi) is 9.06. The number of nitrogens with one attached hydrogen (secondary N) is 1. The zero-order valence-electron chi connectivity index (χ0n) is 17.4. The minimum Gasteiger partial charge on any atom is -0.478 e. The van der Waals surface area contributed by atoms with E-state index in [4.69, 9.17) is 11.6 Å². The van der Waals surface area contributed by atoms with Gasteiger partial charge in [0.15, 0.2) is 5.78 Å². The molecule has 0 radical (unpaired) electrons. The van der Waals surface area contributed by atoms with Gasteiger partial charge in [0.05, 0.1) is 11.3 Å². The average molecular weight is 430 g/mol. The molecule has 0 atom stereocenters. The Morgan fingerprint density at radius 3 is 2.27 bits per heavy atom. The lowest BCUT2D eigenvalue weighted by atomic mass is 9.91. The third-order valence-electron chi connectivity index (χ3n) is 5.08. The van der Waals surface area contributed by atoms with Crippen LogP contribution in [0.1, 0.15) is 83.4 Å². The molecule has 0 saturated heterocycles. The van der Waals surface area contributed by atoms with Crippen LogP contribution in [0.25, 0.3) is 0 Å². The van der Waals surface area contributed by atoms with Crippen LogP contribution in [0, 0.1) is 5.92 Å². The van der Waals surface area contributed by atoms with Gasteiger partial charge < -0.3 is 10.4 Å². The van der Waals surface area contributed by atoms with Gasteiger partial charge in [-0.15, -0.1) is 0 Å². The number of rotatable bonds is 11. The second-order valence-electron chi connectivity index (χ2n) is 7.44. The summed E-state index contributed by atoms with van der Waals surface area (Å²) in [7, 11) is 0. The number of halogens is 1. The number of carbonyl (C=O) groups excluding carboxylic acids is 2. The van der Waals surface area contributed by atoms with Crippen LogP contribution in [0.2, 0.25) is 5.02 Å². The van der Waals surface area contributed by atoms with Crippen molar-refractivity contribution in [2.75, 3.05) is 5.32 Å². The number of benzene rings is 2. The first-order valence-electron chi connectivity index (χ1n) is 10.3. The van der Waals surface area contributed by atoms with E-state index in [2.05, 4.69) is 19.2 Å². The van der Waals surface area contributed by atoms with Crippen LogP contribution < -0.4 is 5.32 Å². The number of carbonyl (C=O) groups is 3. The Bertz CT molecular complexity index is 904. The molecule has 2 aromatic carbocycles. The lowest BCUT2D eigenvalue weighted by molar-refractivity contribution is 0.0697. The minimum atomic E-state index is -1.19. The fourth-order valence-electron chi connectivity index (χ4n) is 3.56. The number of hydrogen-bond acceptors (Lipinski definition) is 3. The first-order chi connectivity index (χ1) is 14.3. The van der Waals surface area contributed by atoms with E-state index in [-0.39, 0.29) is 22.1 Å². The molecule has 0 aromatic heterocycles. The monoisotopic (exact) mass is 429 g/mol. The zero-order valence-corrected chi connectivity index (χ0v) is 18.2. The predicted molar refractivity (Wildman–Crippen MR) is 120 cm³/mol. The largest absolute Gasteiger partial charge is 0.478 e. The van der Waals surface area contributed by atoms with Gasteiger partial charge in [0, 0.05) is 22.6 Å². The molecular formula is C24H28ClNO4. The van der Waals surface area contributed by atoms with Crippen molar-refractivity contribution in [3.05, 3.63) is 64.2 Å². The number of aromatic carboxylic acids is 1. The van der Waals surface area contributed by atoms with Crippen molar-refractivity contribution in [1.82, 2.24) is 0 Å². The van der Waals surface area contributed by atoms with Gasteiger partial charge in [-0.3, -0.25) is 9.59 Å². The van der Waals surface area contributed by atoms with E-state index < -0.39 is 11.9 Å². The van der Waals surface area contributed by atoms with Gasteiger partial charge in [0.1, 0.15) is 0 Å². The van der Waals surface area contributed by atoms with Gasteiger partial charge >= 0.3 is 5.97 Å². The van der Waals surface area contributed by atoms with Crippen molar-refractivity contribution in [1.29, 1.82) is 0 Å². The highest BCUT2D eigenvalue weighted by atomic mass is 35.5. The molecule has 5 nitrogen and oxygen atoms in total. The summed E-state index contributed by atoms with van der Waals surface area (Å²) in [4.78, 5) is 36.7. The van der Waals surface area contributed by atoms with Crippen LogP contribution in [0.4, 0.5) is 5.69 Å². The average Bonchev–Trinajstić information content (AvgIpc) is 2.73. The molecule has 6 heteroatoms. The summed E-state index contributed by atoms with van der Waals surface area (Å²) < 4.78 is 0. The van der Waals surface area contributed by atoms with Crippen molar-refractivity contribution in [2.24, 2.45) is 5.92 Å². The molecule has 0 bridgehead atoms. The van der Waals surface area contributed by atoms with Crippen LogP contribution in [-0.2, 0) is 0 Å². The van der Waals surface area contributed by atoms with Crippen molar-refractivity contribution < 1.29 is 19.5 Å². The lowest BCUT2D eigenvalue weighted by Gasteiger charge is -2.14. The summed E-state index contributed by atoms with van der Waals surface area (Å²) in [6.45, 7) is 4.31. The summed E-state index contributed by atoms with van der Waals surface area (Å²) in [5, 5.41) is 12.2. The summed E-state index contributed by atoms with van der Waals surface area (Å²) in [5.74, 6) is -1.11. The van der Waals surface area contributed by atoms with E-state index in [1.54, 1.807) is 24.3 Å². The third kappa shape index (κ3) is 6.70. The maximum Gasteiger partial charge on any atom is 0.337 e.